The lowest BCUT2D eigenvalue weighted by molar-refractivity contribution is -0.347. The summed E-state index contributed by atoms with van der Waals surface area (Å²) >= 11 is 0. The fraction of sp³-hybridized carbons (Fsp3) is 0.691. The third-order valence-corrected chi connectivity index (χ3v) is 15.1. The number of benzene rings is 2. The van der Waals surface area contributed by atoms with Crippen molar-refractivity contribution in [2.45, 2.75) is 199 Å². The number of methoxy groups -OCH3 is 1. The van der Waals surface area contributed by atoms with Crippen LogP contribution in [0, 0.1) is 23.2 Å². The molecular formula is C55H81NO14. The standard InChI is InChI=1S/C55H81NO14/c1-17-40-33(4)45-52(8,9)44(69-53(10,11)70-45)31(2)29-54(12,60)46(68-51-43(39(56(14)15)28-32(3)62-51)66-49(58)37-24-20-18-21-25-37)34(5)42(35(6)48(57)64-40)65-41-30-55(13,61-16)47(36(7)63-41)67-50(59)38-26-22-19-23-27-38/h18-27,31-32,34-36,39-47,51,60H,4,17,28-30H2,1-3,5-16H3/t31-,32-,34+,35-,36+,39+,40-,41?,42+,43-,44+,45+,46-,47+,51?,54+,55-/m1/s1. The Balaban J connectivity index is 1.44. The van der Waals surface area contributed by atoms with E-state index in [9.17, 15) is 19.5 Å². The summed E-state index contributed by atoms with van der Waals surface area (Å²) < 4.78 is 65.9. The Kier molecular flexibility index (Phi) is 17.6. The number of hydrogen-bond donors (Lipinski definition) is 1. The normalized spacial score (nSPS) is 39.3. The van der Waals surface area contributed by atoms with Crippen molar-refractivity contribution in [1.29, 1.82) is 0 Å². The number of nitrogens with zero attached hydrogens (tertiary/aromatic N) is 1. The lowest BCUT2D eigenvalue weighted by Gasteiger charge is -2.55. The molecule has 0 saturated carbocycles. The molecule has 390 valence electrons. The SMILES string of the molecule is C=C1[C@@H](CC)OC(=O)[C@H](C)[C@@H](OC2C[C@@](C)(OC)[C@@H](OC(=O)c3ccccc3)[C@H](C)O2)[C@H](C)[C@@H](OC2O[C@H](C)C[C@H](N(C)C)[C@H]2OC(=O)c2ccccc2)[C@@](C)(O)C[C@@H](C)[C@@H]2OC(C)(C)O[C@@H]1C2(C)C. The monoisotopic (exact) mass is 980 g/mol. The molecule has 0 aromatic heterocycles. The number of aliphatic hydroxyl groups is 1. The van der Waals surface area contributed by atoms with Gasteiger partial charge in [-0.05, 0) is 118 Å². The summed E-state index contributed by atoms with van der Waals surface area (Å²) in [4.78, 5) is 44.2. The number of hydrogen-bond acceptors (Lipinski definition) is 15. The van der Waals surface area contributed by atoms with E-state index in [1.165, 1.54) is 0 Å². The Labute approximate surface area is 416 Å². The number of esters is 3. The highest BCUT2D eigenvalue weighted by molar-refractivity contribution is 5.90. The molecule has 4 heterocycles. The molecule has 2 aromatic rings. The number of fused-ring (bicyclic) bond motifs is 2. The number of likely N-dealkylation sites (N-methyl/N-ethyl adjacent to an activating group) is 1. The molecule has 15 heteroatoms. The summed E-state index contributed by atoms with van der Waals surface area (Å²) in [6.07, 6.45) is -7.93. The van der Waals surface area contributed by atoms with Crippen molar-refractivity contribution in [3.63, 3.8) is 0 Å². The van der Waals surface area contributed by atoms with Crippen LogP contribution < -0.4 is 0 Å². The van der Waals surface area contributed by atoms with E-state index in [4.69, 9.17) is 47.4 Å². The zero-order valence-electron chi connectivity index (χ0n) is 44.2. The quantitative estimate of drug-likeness (QED) is 0.130. The van der Waals surface area contributed by atoms with E-state index in [0.717, 1.165) is 0 Å². The molecule has 0 amide bonds. The van der Waals surface area contributed by atoms with Gasteiger partial charge in [-0.15, -0.1) is 0 Å². The molecular weight excluding hydrogens is 899 g/mol. The molecule has 4 saturated heterocycles. The zero-order valence-corrected chi connectivity index (χ0v) is 44.2. The van der Waals surface area contributed by atoms with Gasteiger partial charge < -0.3 is 57.4 Å². The van der Waals surface area contributed by atoms with E-state index in [1.54, 1.807) is 76.4 Å². The van der Waals surface area contributed by atoms with Crippen molar-refractivity contribution in [1.82, 2.24) is 4.90 Å². The van der Waals surface area contributed by atoms with E-state index in [0.29, 0.717) is 29.5 Å². The first-order chi connectivity index (χ1) is 32.7. The molecule has 0 aliphatic carbocycles. The van der Waals surface area contributed by atoms with Crippen LogP contribution in [0.5, 0.6) is 0 Å². The predicted octanol–water partition coefficient (Wildman–Crippen LogP) is 8.30. The summed E-state index contributed by atoms with van der Waals surface area (Å²) in [5.41, 5.74) is -2.17. The first-order valence-corrected chi connectivity index (χ1v) is 25.1. The zero-order chi connectivity index (χ0) is 51.7. The highest BCUT2D eigenvalue weighted by Gasteiger charge is 2.57. The summed E-state index contributed by atoms with van der Waals surface area (Å²) in [6.45, 7) is 27.1. The van der Waals surface area contributed by atoms with Crippen LogP contribution in [0.2, 0.25) is 0 Å². The maximum atomic E-state index is 14.9. The maximum Gasteiger partial charge on any atom is 0.338 e. The van der Waals surface area contributed by atoms with Crippen LogP contribution >= 0.6 is 0 Å². The van der Waals surface area contributed by atoms with Crippen LogP contribution in [0.15, 0.2) is 72.8 Å². The largest absolute Gasteiger partial charge is 0.457 e. The van der Waals surface area contributed by atoms with E-state index in [1.807, 2.05) is 93.4 Å². The molecule has 0 spiro atoms. The smallest absolute Gasteiger partial charge is 0.338 e. The molecule has 0 radical (unpaired) electrons. The van der Waals surface area contributed by atoms with Gasteiger partial charge >= 0.3 is 17.9 Å². The highest BCUT2D eigenvalue weighted by Crippen LogP contribution is 2.49. The van der Waals surface area contributed by atoms with Gasteiger partial charge in [0.15, 0.2) is 30.6 Å². The van der Waals surface area contributed by atoms with Crippen LogP contribution in [-0.2, 0) is 52.2 Å². The van der Waals surface area contributed by atoms with Crippen molar-refractivity contribution < 1.29 is 66.9 Å². The van der Waals surface area contributed by atoms with Crippen LogP contribution in [0.4, 0.5) is 0 Å². The van der Waals surface area contributed by atoms with Crippen LogP contribution in [-0.4, -0.2) is 140 Å². The number of carbonyl (C=O) groups excluding carboxylic acids is 3. The highest BCUT2D eigenvalue weighted by atomic mass is 16.7. The Bertz CT molecular complexity index is 2100. The van der Waals surface area contributed by atoms with E-state index in [-0.39, 0.29) is 30.9 Å². The maximum absolute atomic E-state index is 14.9. The molecule has 6 rings (SSSR count). The minimum Gasteiger partial charge on any atom is -0.457 e. The summed E-state index contributed by atoms with van der Waals surface area (Å²) in [6, 6.07) is 17.1. The molecule has 2 aromatic carbocycles. The molecule has 15 nitrogen and oxygen atoms in total. The fourth-order valence-corrected chi connectivity index (χ4v) is 11.4. The van der Waals surface area contributed by atoms with Crippen LogP contribution in [0.1, 0.15) is 129 Å². The van der Waals surface area contributed by atoms with Gasteiger partial charge in [0, 0.05) is 24.9 Å². The molecule has 2 bridgehead atoms. The topological polar surface area (TPSA) is 167 Å². The lowest BCUT2D eigenvalue weighted by atomic mass is 9.68. The van der Waals surface area contributed by atoms with Crippen molar-refractivity contribution in [3.05, 3.63) is 83.9 Å². The third kappa shape index (κ3) is 12.2. The number of carbonyl (C=O) groups is 3. The van der Waals surface area contributed by atoms with E-state index >= 15 is 0 Å². The van der Waals surface area contributed by atoms with Gasteiger partial charge in [0.05, 0.1) is 65.3 Å². The average Bonchev–Trinajstić information content (AvgIpc) is 3.30. The summed E-state index contributed by atoms with van der Waals surface area (Å²) in [5.74, 6) is -4.86. The van der Waals surface area contributed by atoms with Crippen molar-refractivity contribution in [2.75, 3.05) is 21.2 Å². The molecule has 4 aliphatic heterocycles. The van der Waals surface area contributed by atoms with Gasteiger partial charge in [-0.25, -0.2) is 9.59 Å². The second-order valence-electron chi connectivity index (χ2n) is 22.0. The first kappa shape index (κ1) is 55.5. The second-order valence-corrected chi connectivity index (χ2v) is 22.0. The van der Waals surface area contributed by atoms with E-state index in [2.05, 4.69) is 6.58 Å². The average molecular weight is 980 g/mol. The lowest BCUT2D eigenvalue weighted by Crippen LogP contribution is -2.63. The Morgan fingerprint density at radius 3 is 1.94 bits per heavy atom. The third-order valence-electron chi connectivity index (χ3n) is 15.1. The Hall–Kier alpha value is -3.77. The minimum absolute atomic E-state index is 0.0904. The number of cyclic esters (lactones) is 1. The van der Waals surface area contributed by atoms with Gasteiger partial charge in [0.25, 0.3) is 0 Å². The first-order valence-electron chi connectivity index (χ1n) is 25.1. The fourth-order valence-electron chi connectivity index (χ4n) is 11.4. The van der Waals surface area contributed by atoms with Crippen LogP contribution in [0.25, 0.3) is 0 Å². The molecule has 70 heavy (non-hydrogen) atoms. The number of rotatable bonds is 11. The minimum atomic E-state index is -1.70. The second kappa shape index (κ2) is 22.1. The van der Waals surface area contributed by atoms with Gasteiger partial charge in [0.1, 0.15) is 11.7 Å². The van der Waals surface area contributed by atoms with Gasteiger partial charge in [-0.1, -0.05) is 77.6 Å². The van der Waals surface area contributed by atoms with Crippen molar-refractivity contribution in [3.8, 4) is 0 Å². The molecule has 2 unspecified atom stereocenters. The van der Waals surface area contributed by atoms with E-state index < -0.39 is 114 Å². The summed E-state index contributed by atoms with van der Waals surface area (Å²) in [5, 5.41) is 13.3. The van der Waals surface area contributed by atoms with Gasteiger partial charge in [-0.2, -0.15) is 0 Å². The summed E-state index contributed by atoms with van der Waals surface area (Å²) in [7, 11) is 5.37. The van der Waals surface area contributed by atoms with Crippen molar-refractivity contribution >= 4 is 17.9 Å². The van der Waals surface area contributed by atoms with Crippen molar-refractivity contribution in [2.24, 2.45) is 23.2 Å². The molecule has 17 atom stereocenters. The predicted molar refractivity (Wildman–Crippen MR) is 261 cm³/mol. The van der Waals surface area contributed by atoms with Crippen LogP contribution in [0.3, 0.4) is 0 Å². The Morgan fingerprint density at radius 2 is 1.39 bits per heavy atom. The molecule has 4 aliphatic rings. The molecule has 4 fully saturated rings. The number of ether oxygens (including phenoxy) is 10. The van der Waals surface area contributed by atoms with Gasteiger partial charge in [-0.3, -0.25) is 4.79 Å². The Morgan fingerprint density at radius 1 is 0.800 bits per heavy atom. The van der Waals surface area contributed by atoms with Gasteiger partial charge in [0.2, 0.25) is 0 Å². The molecule has 1 N–H and O–H groups in total.